The summed E-state index contributed by atoms with van der Waals surface area (Å²) in [5, 5.41) is 2.71. The van der Waals surface area contributed by atoms with E-state index in [2.05, 4.69) is 5.32 Å². The van der Waals surface area contributed by atoms with Crippen molar-refractivity contribution in [3.63, 3.8) is 0 Å². The first kappa shape index (κ1) is 15.5. The summed E-state index contributed by atoms with van der Waals surface area (Å²) in [7, 11) is 1.52. The van der Waals surface area contributed by atoms with Gasteiger partial charge in [0.05, 0.1) is 18.4 Å². The number of hydrogen-bond donors (Lipinski definition) is 1. The van der Waals surface area contributed by atoms with Crippen molar-refractivity contribution in [2.24, 2.45) is 0 Å². The van der Waals surface area contributed by atoms with Crippen molar-refractivity contribution in [2.75, 3.05) is 12.4 Å². The highest BCUT2D eigenvalue weighted by Crippen LogP contribution is 2.23. The van der Waals surface area contributed by atoms with Crippen LogP contribution in [0.3, 0.4) is 0 Å². The third kappa shape index (κ3) is 3.82. The normalized spacial score (nSPS) is 10.9. The molecule has 1 N–H and O–H groups in total. The average Bonchev–Trinajstić information content (AvgIpc) is 2.53. The lowest BCUT2D eigenvalue weighted by atomic mass is 10.1. The van der Waals surface area contributed by atoms with Crippen molar-refractivity contribution >= 4 is 23.5 Å². The molecule has 0 radical (unpaired) electrons. The zero-order valence-electron chi connectivity index (χ0n) is 12.5. The highest BCUT2D eigenvalue weighted by molar-refractivity contribution is 6.25. The number of para-hydroxylation sites is 2. The number of rotatable bonds is 5. The number of ether oxygens (including phenoxy) is 1. The van der Waals surface area contributed by atoms with Crippen molar-refractivity contribution < 1.29 is 14.3 Å². The van der Waals surface area contributed by atoms with Crippen LogP contribution in [0.5, 0.6) is 5.75 Å². The van der Waals surface area contributed by atoms with Gasteiger partial charge in [0.2, 0.25) is 0 Å². The second kappa shape index (κ2) is 7.22. The molecule has 4 heteroatoms. The van der Waals surface area contributed by atoms with Gasteiger partial charge in [-0.2, -0.15) is 0 Å². The van der Waals surface area contributed by atoms with Crippen LogP contribution in [-0.4, -0.2) is 18.8 Å². The zero-order chi connectivity index (χ0) is 15.9. The van der Waals surface area contributed by atoms with Gasteiger partial charge in [0.25, 0.3) is 5.91 Å². The highest BCUT2D eigenvalue weighted by Gasteiger charge is 2.16. The molecule has 2 aromatic carbocycles. The van der Waals surface area contributed by atoms with E-state index in [1.54, 1.807) is 30.3 Å². The molecule has 0 atom stereocenters. The molecule has 0 heterocycles. The molecule has 0 bridgehead atoms. The lowest BCUT2D eigenvalue weighted by Crippen LogP contribution is -2.19. The molecule has 112 valence electrons. The summed E-state index contributed by atoms with van der Waals surface area (Å²) in [5.41, 5.74) is 1.41. The van der Waals surface area contributed by atoms with E-state index in [4.69, 9.17) is 4.74 Å². The lowest BCUT2D eigenvalue weighted by molar-refractivity contribution is -0.118. The van der Waals surface area contributed by atoms with Crippen molar-refractivity contribution in [1.29, 1.82) is 0 Å². The number of carbonyl (C=O) groups is 2. The number of Topliss-reactive ketones (excluding diaryl/α,β-unsaturated/α-hetero) is 1. The number of benzene rings is 2. The van der Waals surface area contributed by atoms with E-state index < -0.39 is 5.91 Å². The van der Waals surface area contributed by atoms with E-state index >= 15 is 0 Å². The maximum atomic E-state index is 12.4. The van der Waals surface area contributed by atoms with E-state index in [1.165, 1.54) is 14.0 Å². The van der Waals surface area contributed by atoms with Gasteiger partial charge in [0.1, 0.15) is 5.75 Å². The van der Waals surface area contributed by atoms with E-state index in [1.807, 2.05) is 30.3 Å². The Morgan fingerprint density at radius 2 is 1.64 bits per heavy atom. The third-order valence-electron chi connectivity index (χ3n) is 3.09. The molecule has 0 aliphatic rings. The van der Waals surface area contributed by atoms with Crippen LogP contribution in [0, 0.1) is 0 Å². The lowest BCUT2D eigenvalue weighted by Gasteiger charge is -2.10. The molecule has 0 saturated carbocycles. The van der Waals surface area contributed by atoms with E-state index in [0.29, 0.717) is 11.4 Å². The molecule has 4 nitrogen and oxygen atoms in total. The van der Waals surface area contributed by atoms with Crippen LogP contribution in [0.15, 0.2) is 60.2 Å². The SMILES string of the molecule is COc1ccccc1NC(=O)/C(=C\c1ccccc1)C(C)=O. The largest absolute Gasteiger partial charge is 0.495 e. The number of amides is 1. The Kier molecular flexibility index (Phi) is 5.09. The summed E-state index contributed by atoms with van der Waals surface area (Å²) >= 11 is 0. The Labute approximate surface area is 129 Å². The van der Waals surface area contributed by atoms with Crippen LogP contribution in [-0.2, 0) is 9.59 Å². The molecule has 1 amide bonds. The average molecular weight is 295 g/mol. The first-order valence-electron chi connectivity index (χ1n) is 6.84. The number of methoxy groups -OCH3 is 1. The van der Waals surface area contributed by atoms with Gasteiger partial charge in [-0.25, -0.2) is 0 Å². The van der Waals surface area contributed by atoms with Crippen LogP contribution in [0.1, 0.15) is 12.5 Å². The van der Waals surface area contributed by atoms with Gasteiger partial charge in [-0.3, -0.25) is 9.59 Å². The maximum absolute atomic E-state index is 12.4. The fraction of sp³-hybridized carbons (Fsp3) is 0.111. The summed E-state index contributed by atoms with van der Waals surface area (Å²) < 4.78 is 5.19. The van der Waals surface area contributed by atoms with Crippen molar-refractivity contribution in [1.82, 2.24) is 0 Å². The topological polar surface area (TPSA) is 55.4 Å². The molecule has 0 spiro atoms. The van der Waals surface area contributed by atoms with Crippen molar-refractivity contribution in [2.45, 2.75) is 6.92 Å². The van der Waals surface area contributed by atoms with Gasteiger partial charge in [-0.15, -0.1) is 0 Å². The quantitative estimate of drug-likeness (QED) is 0.523. The fourth-order valence-corrected chi connectivity index (χ4v) is 1.98. The molecule has 0 saturated heterocycles. The Morgan fingerprint density at radius 3 is 2.27 bits per heavy atom. The van der Waals surface area contributed by atoms with Crippen LogP contribution < -0.4 is 10.1 Å². The number of hydrogen-bond acceptors (Lipinski definition) is 3. The summed E-state index contributed by atoms with van der Waals surface area (Å²) in [6.45, 7) is 1.37. The molecule has 2 aromatic rings. The first-order chi connectivity index (χ1) is 10.6. The Hall–Kier alpha value is -2.88. The van der Waals surface area contributed by atoms with Gasteiger partial charge in [0, 0.05) is 0 Å². The Balaban J connectivity index is 2.28. The number of anilines is 1. The zero-order valence-corrected chi connectivity index (χ0v) is 12.5. The van der Waals surface area contributed by atoms with E-state index in [9.17, 15) is 9.59 Å². The fourth-order valence-electron chi connectivity index (χ4n) is 1.98. The van der Waals surface area contributed by atoms with Crippen LogP contribution in [0.2, 0.25) is 0 Å². The number of ketones is 1. The number of carbonyl (C=O) groups excluding carboxylic acids is 2. The summed E-state index contributed by atoms with van der Waals surface area (Å²) in [6, 6.07) is 16.3. The minimum Gasteiger partial charge on any atom is -0.495 e. The predicted molar refractivity (Wildman–Crippen MR) is 86.7 cm³/mol. The number of nitrogens with one attached hydrogen (secondary N) is 1. The van der Waals surface area contributed by atoms with E-state index in [0.717, 1.165) is 5.56 Å². The molecule has 0 aliphatic carbocycles. The Morgan fingerprint density at radius 1 is 1.00 bits per heavy atom. The molecule has 0 aliphatic heterocycles. The first-order valence-corrected chi connectivity index (χ1v) is 6.84. The van der Waals surface area contributed by atoms with Crippen LogP contribution in [0.4, 0.5) is 5.69 Å². The smallest absolute Gasteiger partial charge is 0.259 e. The summed E-state index contributed by atoms with van der Waals surface area (Å²) in [5.74, 6) is -0.212. The molecule has 0 aromatic heterocycles. The van der Waals surface area contributed by atoms with Crippen LogP contribution >= 0.6 is 0 Å². The highest BCUT2D eigenvalue weighted by atomic mass is 16.5. The summed E-state index contributed by atoms with van der Waals surface area (Å²) in [6.07, 6.45) is 1.58. The van der Waals surface area contributed by atoms with Gasteiger partial charge < -0.3 is 10.1 Å². The maximum Gasteiger partial charge on any atom is 0.259 e. The third-order valence-corrected chi connectivity index (χ3v) is 3.09. The van der Waals surface area contributed by atoms with Gasteiger partial charge in [-0.1, -0.05) is 42.5 Å². The molecule has 2 rings (SSSR count). The van der Waals surface area contributed by atoms with Gasteiger partial charge in [-0.05, 0) is 30.7 Å². The molecule has 0 fully saturated rings. The van der Waals surface area contributed by atoms with Crippen molar-refractivity contribution in [3.8, 4) is 5.75 Å². The second-order valence-electron chi connectivity index (χ2n) is 4.68. The van der Waals surface area contributed by atoms with Crippen molar-refractivity contribution in [3.05, 3.63) is 65.7 Å². The standard InChI is InChI=1S/C18H17NO3/c1-13(20)15(12-14-8-4-3-5-9-14)18(21)19-16-10-6-7-11-17(16)22-2/h3-12H,1-2H3,(H,19,21)/b15-12-. The molecule has 22 heavy (non-hydrogen) atoms. The Bertz CT molecular complexity index is 705. The molecule has 0 unspecified atom stereocenters. The molecular formula is C18H17NO3. The van der Waals surface area contributed by atoms with Gasteiger partial charge >= 0.3 is 0 Å². The predicted octanol–water partition coefficient (Wildman–Crippen LogP) is 3.31. The van der Waals surface area contributed by atoms with Gasteiger partial charge in [0.15, 0.2) is 5.78 Å². The minimum absolute atomic E-state index is 0.0945. The van der Waals surface area contributed by atoms with E-state index in [-0.39, 0.29) is 11.4 Å². The summed E-state index contributed by atoms with van der Waals surface area (Å²) in [4.78, 5) is 24.1. The second-order valence-corrected chi connectivity index (χ2v) is 4.68. The molecular weight excluding hydrogens is 278 g/mol. The monoisotopic (exact) mass is 295 g/mol. The van der Waals surface area contributed by atoms with Crippen LogP contribution in [0.25, 0.3) is 6.08 Å². The minimum atomic E-state index is -0.458.